The van der Waals surface area contributed by atoms with Crippen LogP contribution in [0.5, 0.6) is 0 Å². The van der Waals surface area contributed by atoms with Crippen LogP contribution >= 0.6 is 12.4 Å². The minimum Gasteiger partial charge on any atom is -0.346 e. The zero-order valence-electron chi connectivity index (χ0n) is 15.4. The molecule has 2 unspecified atom stereocenters. The van der Waals surface area contributed by atoms with Gasteiger partial charge in [-0.05, 0) is 45.2 Å². The van der Waals surface area contributed by atoms with Crippen LogP contribution in [0.25, 0.3) is 0 Å². The van der Waals surface area contributed by atoms with Gasteiger partial charge in [0.1, 0.15) is 10.6 Å². The van der Waals surface area contributed by atoms with Gasteiger partial charge in [-0.15, -0.1) is 12.4 Å². The van der Waals surface area contributed by atoms with Crippen LogP contribution < -0.4 is 10.6 Å². The van der Waals surface area contributed by atoms with E-state index in [0.717, 1.165) is 38.6 Å². The predicted molar refractivity (Wildman–Crippen MR) is 103 cm³/mol. The molecule has 1 aromatic rings. The quantitative estimate of drug-likeness (QED) is 0.796. The van der Waals surface area contributed by atoms with Crippen molar-refractivity contribution in [2.45, 2.75) is 56.0 Å². The summed E-state index contributed by atoms with van der Waals surface area (Å²) in [4.78, 5) is 12.8. The van der Waals surface area contributed by atoms with Gasteiger partial charge in [0.15, 0.2) is 0 Å². The van der Waals surface area contributed by atoms with Crippen molar-refractivity contribution in [1.82, 2.24) is 19.5 Å². The van der Waals surface area contributed by atoms with Gasteiger partial charge in [0, 0.05) is 38.4 Å². The maximum Gasteiger partial charge on any atom is 0.268 e. The topological polar surface area (TPSA) is 83.4 Å². The summed E-state index contributed by atoms with van der Waals surface area (Å²) in [7, 11) is -1.81. The molecule has 0 aliphatic carbocycles. The largest absolute Gasteiger partial charge is 0.346 e. The Morgan fingerprint density at radius 1 is 1.23 bits per heavy atom. The molecule has 0 aromatic carbocycles. The molecule has 2 atom stereocenters. The number of amides is 1. The van der Waals surface area contributed by atoms with Crippen LogP contribution in [0, 0.1) is 0 Å². The van der Waals surface area contributed by atoms with E-state index in [4.69, 9.17) is 0 Å². The summed E-state index contributed by atoms with van der Waals surface area (Å²) < 4.78 is 28.7. The second-order valence-corrected chi connectivity index (χ2v) is 9.04. The number of hydrogen-bond acceptors (Lipinski definition) is 4. The molecule has 2 aliphatic heterocycles. The van der Waals surface area contributed by atoms with Crippen molar-refractivity contribution in [3.05, 3.63) is 18.0 Å². The Labute approximate surface area is 162 Å². The molecule has 148 valence electrons. The summed E-state index contributed by atoms with van der Waals surface area (Å²) in [5, 5.41) is 6.39. The van der Waals surface area contributed by atoms with Crippen LogP contribution in [0.3, 0.4) is 0 Å². The lowest BCUT2D eigenvalue weighted by atomic mass is 10.00. The molecular weight excluding hydrogens is 376 g/mol. The lowest BCUT2D eigenvalue weighted by Gasteiger charge is -2.30. The highest BCUT2D eigenvalue weighted by Crippen LogP contribution is 2.22. The lowest BCUT2D eigenvalue weighted by molar-refractivity contribution is 0.0911. The van der Waals surface area contributed by atoms with Gasteiger partial charge in [-0.25, -0.2) is 8.42 Å². The van der Waals surface area contributed by atoms with Crippen molar-refractivity contribution in [3.63, 3.8) is 0 Å². The van der Waals surface area contributed by atoms with Crippen LogP contribution in [-0.4, -0.2) is 54.9 Å². The minimum atomic E-state index is -3.52. The maximum absolute atomic E-state index is 12.8. The van der Waals surface area contributed by atoms with Gasteiger partial charge < -0.3 is 15.2 Å². The van der Waals surface area contributed by atoms with Gasteiger partial charge in [0.25, 0.3) is 5.91 Å². The number of halogens is 1. The summed E-state index contributed by atoms with van der Waals surface area (Å²) in [6.45, 7) is 4.14. The molecule has 1 aromatic heterocycles. The summed E-state index contributed by atoms with van der Waals surface area (Å²) >= 11 is 0. The molecule has 0 saturated carbocycles. The molecular formula is C17H29ClN4O3S. The smallest absolute Gasteiger partial charge is 0.268 e. The molecule has 2 fully saturated rings. The third-order valence-corrected chi connectivity index (χ3v) is 7.11. The van der Waals surface area contributed by atoms with E-state index in [1.165, 1.54) is 10.4 Å². The maximum atomic E-state index is 12.8. The fourth-order valence-electron chi connectivity index (χ4n) is 3.64. The average molecular weight is 405 g/mol. The Kier molecular flexibility index (Phi) is 7.12. The standard InChI is InChI=1S/C17H28N4O3S.ClH/c1-13-15(7-6-8-18-13)19-17(22)16-11-14(12-20(16)2)25(23,24)21-9-4-3-5-10-21;/h11-13,15,18H,3-10H2,1-2H3,(H,19,22);1H. The van der Waals surface area contributed by atoms with Crippen LogP contribution in [-0.2, 0) is 17.1 Å². The van der Waals surface area contributed by atoms with Gasteiger partial charge in [0.05, 0.1) is 0 Å². The van der Waals surface area contributed by atoms with E-state index < -0.39 is 10.0 Å². The molecule has 2 aliphatic rings. The summed E-state index contributed by atoms with van der Waals surface area (Å²) in [6.07, 6.45) is 6.36. The normalized spacial score (nSPS) is 24.7. The number of carbonyl (C=O) groups is 1. The SMILES string of the molecule is CC1NCCCC1NC(=O)c1cc(S(=O)(=O)N2CCCCC2)cn1C.Cl. The zero-order chi connectivity index (χ0) is 18.0. The molecule has 1 amide bonds. The predicted octanol–water partition coefficient (Wildman–Crippen LogP) is 1.49. The van der Waals surface area contributed by atoms with Gasteiger partial charge in [-0.2, -0.15) is 4.31 Å². The first kappa shape index (κ1) is 21.2. The van der Waals surface area contributed by atoms with Crippen LogP contribution in [0.15, 0.2) is 17.2 Å². The van der Waals surface area contributed by atoms with E-state index in [1.807, 2.05) is 0 Å². The van der Waals surface area contributed by atoms with Crippen molar-refractivity contribution < 1.29 is 13.2 Å². The minimum absolute atomic E-state index is 0. The van der Waals surface area contributed by atoms with Crippen LogP contribution in [0.4, 0.5) is 0 Å². The van der Waals surface area contributed by atoms with Crippen molar-refractivity contribution in [2.24, 2.45) is 7.05 Å². The van der Waals surface area contributed by atoms with E-state index in [-0.39, 0.29) is 35.3 Å². The number of piperidine rings is 2. The lowest BCUT2D eigenvalue weighted by Crippen LogP contribution is -2.52. The first-order valence-electron chi connectivity index (χ1n) is 9.10. The average Bonchev–Trinajstić information content (AvgIpc) is 3.00. The van der Waals surface area contributed by atoms with Crippen LogP contribution in [0.1, 0.15) is 49.5 Å². The number of hydrogen-bond donors (Lipinski definition) is 2. The highest BCUT2D eigenvalue weighted by molar-refractivity contribution is 7.89. The monoisotopic (exact) mass is 404 g/mol. The first-order chi connectivity index (χ1) is 11.9. The van der Waals surface area contributed by atoms with Crippen molar-refractivity contribution in [1.29, 1.82) is 0 Å². The van der Waals surface area contributed by atoms with Crippen molar-refractivity contribution >= 4 is 28.3 Å². The molecule has 0 radical (unpaired) electrons. The molecule has 0 bridgehead atoms. The number of aryl methyl sites for hydroxylation is 1. The van der Waals surface area contributed by atoms with E-state index >= 15 is 0 Å². The molecule has 9 heteroatoms. The van der Waals surface area contributed by atoms with Gasteiger partial charge in [-0.1, -0.05) is 6.42 Å². The summed E-state index contributed by atoms with van der Waals surface area (Å²) in [5.74, 6) is -0.219. The Bertz CT molecular complexity index is 728. The molecule has 2 saturated heterocycles. The number of nitrogens with one attached hydrogen (secondary N) is 2. The highest BCUT2D eigenvalue weighted by Gasteiger charge is 2.29. The van der Waals surface area contributed by atoms with Crippen LogP contribution in [0.2, 0.25) is 0 Å². The second kappa shape index (κ2) is 8.73. The van der Waals surface area contributed by atoms with Crippen molar-refractivity contribution in [2.75, 3.05) is 19.6 Å². The molecule has 0 spiro atoms. The number of carbonyl (C=O) groups excluding carboxylic acids is 1. The third kappa shape index (κ3) is 4.42. The van der Waals surface area contributed by atoms with Gasteiger partial charge in [0.2, 0.25) is 10.0 Å². The third-order valence-electron chi connectivity index (χ3n) is 5.24. The zero-order valence-corrected chi connectivity index (χ0v) is 17.0. The summed E-state index contributed by atoms with van der Waals surface area (Å²) in [5.41, 5.74) is 0.383. The number of rotatable bonds is 4. The van der Waals surface area contributed by atoms with Gasteiger partial charge >= 0.3 is 0 Å². The Morgan fingerprint density at radius 2 is 1.92 bits per heavy atom. The molecule has 3 heterocycles. The molecule has 26 heavy (non-hydrogen) atoms. The highest BCUT2D eigenvalue weighted by atomic mass is 35.5. The van der Waals surface area contributed by atoms with E-state index in [9.17, 15) is 13.2 Å². The fourth-order valence-corrected chi connectivity index (χ4v) is 5.23. The van der Waals surface area contributed by atoms with E-state index in [0.29, 0.717) is 18.8 Å². The molecule has 3 rings (SSSR count). The Balaban J connectivity index is 0.00000243. The fraction of sp³-hybridized carbons (Fsp3) is 0.706. The Hall–Kier alpha value is -1.09. The first-order valence-corrected chi connectivity index (χ1v) is 10.5. The summed E-state index contributed by atoms with van der Waals surface area (Å²) in [6, 6.07) is 1.79. The Morgan fingerprint density at radius 3 is 2.58 bits per heavy atom. The molecule has 7 nitrogen and oxygen atoms in total. The van der Waals surface area contributed by atoms with E-state index in [1.54, 1.807) is 17.8 Å². The number of sulfonamides is 1. The van der Waals surface area contributed by atoms with E-state index in [2.05, 4.69) is 17.6 Å². The number of nitrogens with zero attached hydrogens (tertiary/aromatic N) is 2. The van der Waals surface area contributed by atoms with Crippen molar-refractivity contribution in [3.8, 4) is 0 Å². The molecule has 2 N–H and O–H groups in total. The number of aromatic nitrogens is 1. The van der Waals surface area contributed by atoms with Gasteiger partial charge in [-0.3, -0.25) is 4.79 Å². The second-order valence-electron chi connectivity index (χ2n) is 7.10.